The zero-order valence-electron chi connectivity index (χ0n) is 18.5. The fourth-order valence-electron chi connectivity index (χ4n) is 3.75. The lowest BCUT2D eigenvalue weighted by Crippen LogP contribution is -2.11. The topological polar surface area (TPSA) is 94.1 Å². The van der Waals surface area contributed by atoms with E-state index in [-0.39, 0.29) is 30.4 Å². The second-order valence-electron chi connectivity index (χ2n) is 7.56. The molecule has 7 nitrogen and oxygen atoms in total. The summed E-state index contributed by atoms with van der Waals surface area (Å²) in [5.41, 5.74) is 4.12. The molecule has 1 amide bonds. The van der Waals surface area contributed by atoms with Gasteiger partial charge in [0.25, 0.3) is 0 Å². The highest BCUT2D eigenvalue weighted by atomic mass is 35.5. The Bertz CT molecular complexity index is 1090. The molecule has 0 saturated carbocycles. The number of hydrogen-bond acceptors (Lipinski definition) is 6. The number of cyclic esters (lactones) is 1. The first kappa shape index (κ1) is 23.5. The van der Waals surface area contributed by atoms with E-state index in [2.05, 4.69) is 5.32 Å². The second kappa shape index (κ2) is 9.96. The van der Waals surface area contributed by atoms with Gasteiger partial charge >= 0.3 is 5.97 Å². The van der Waals surface area contributed by atoms with Gasteiger partial charge in [0.15, 0.2) is 0 Å². The number of anilines is 1. The number of methoxy groups -OCH3 is 2. The zero-order chi connectivity index (χ0) is 23.4. The van der Waals surface area contributed by atoms with Gasteiger partial charge < -0.3 is 24.6 Å². The summed E-state index contributed by atoms with van der Waals surface area (Å²) in [5.74, 6) is 0.451. The summed E-state index contributed by atoms with van der Waals surface area (Å²) in [6, 6.07) is 4.47. The lowest BCUT2D eigenvalue weighted by atomic mass is 9.94. The number of aromatic hydroxyl groups is 1. The number of benzene rings is 2. The van der Waals surface area contributed by atoms with Crippen LogP contribution in [0.25, 0.3) is 0 Å². The van der Waals surface area contributed by atoms with E-state index in [1.165, 1.54) is 19.2 Å². The maximum Gasteiger partial charge on any atom is 0.342 e. The second-order valence-corrected chi connectivity index (χ2v) is 8.00. The number of phenolic OH excluding ortho intramolecular Hbond substituents is 1. The number of halogens is 1. The van der Waals surface area contributed by atoms with Crippen LogP contribution < -0.4 is 14.8 Å². The molecule has 8 heteroatoms. The standard InChI is InChI=1S/C24H26ClNO6/c1-13(6-10-20(28)26-18-11-15(25)7-9-19(18)27)5-8-16-22(30-3)14(2)17-12-32-24(29)21(17)23(16)31-4/h5,7,9,11,27H,6,8,10,12H2,1-4H3,(H,26,28)/b13-5+. The molecule has 1 heterocycles. The highest BCUT2D eigenvalue weighted by Crippen LogP contribution is 2.42. The molecule has 1 aliphatic rings. The number of nitrogens with one attached hydrogen (secondary N) is 1. The Hall–Kier alpha value is -3.19. The van der Waals surface area contributed by atoms with Crippen molar-refractivity contribution in [1.82, 2.24) is 0 Å². The highest BCUT2D eigenvalue weighted by Gasteiger charge is 2.32. The third-order valence-corrected chi connectivity index (χ3v) is 5.70. The molecule has 0 unspecified atom stereocenters. The number of allylic oxidation sites excluding steroid dienone is 2. The van der Waals surface area contributed by atoms with E-state index >= 15 is 0 Å². The predicted molar refractivity (Wildman–Crippen MR) is 122 cm³/mol. The summed E-state index contributed by atoms with van der Waals surface area (Å²) in [5, 5.41) is 12.9. The smallest absolute Gasteiger partial charge is 0.342 e. The maximum atomic E-state index is 12.3. The normalized spacial score (nSPS) is 12.9. The molecule has 32 heavy (non-hydrogen) atoms. The molecule has 0 aromatic heterocycles. The molecular formula is C24H26ClNO6. The molecule has 0 aliphatic carbocycles. The Morgan fingerprint density at radius 2 is 1.97 bits per heavy atom. The third kappa shape index (κ3) is 4.83. The van der Waals surface area contributed by atoms with Crippen LogP contribution in [-0.2, 0) is 22.6 Å². The largest absolute Gasteiger partial charge is 0.506 e. The van der Waals surface area contributed by atoms with Crippen molar-refractivity contribution in [2.24, 2.45) is 0 Å². The highest BCUT2D eigenvalue weighted by molar-refractivity contribution is 6.31. The minimum Gasteiger partial charge on any atom is -0.506 e. The van der Waals surface area contributed by atoms with Crippen molar-refractivity contribution in [3.63, 3.8) is 0 Å². The lowest BCUT2D eigenvalue weighted by Gasteiger charge is -2.18. The molecule has 0 saturated heterocycles. The number of rotatable bonds is 8. The summed E-state index contributed by atoms with van der Waals surface area (Å²) in [4.78, 5) is 24.5. The fourth-order valence-corrected chi connectivity index (χ4v) is 3.92. The molecule has 0 spiro atoms. The van der Waals surface area contributed by atoms with E-state index in [1.54, 1.807) is 13.2 Å². The van der Waals surface area contributed by atoms with Crippen LogP contribution in [0.2, 0.25) is 5.02 Å². The SMILES string of the molecule is COc1c(C)c2c(c(OC)c1C/C=C(\C)CCC(=O)Nc1cc(Cl)ccc1O)C(=O)OC2. The van der Waals surface area contributed by atoms with Crippen LogP contribution in [0.15, 0.2) is 29.8 Å². The first-order valence-electron chi connectivity index (χ1n) is 10.1. The number of esters is 1. The van der Waals surface area contributed by atoms with Crippen LogP contribution in [0.5, 0.6) is 17.2 Å². The number of ether oxygens (including phenoxy) is 3. The van der Waals surface area contributed by atoms with Crippen molar-refractivity contribution in [3.05, 3.63) is 57.1 Å². The van der Waals surface area contributed by atoms with Crippen molar-refractivity contribution in [3.8, 4) is 17.2 Å². The fraction of sp³-hybridized carbons (Fsp3) is 0.333. The Balaban J connectivity index is 1.73. The van der Waals surface area contributed by atoms with Crippen molar-refractivity contribution in [2.45, 2.75) is 39.7 Å². The van der Waals surface area contributed by atoms with E-state index in [1.807, 2.05) is 19.9 Å². The number of carbonyl (C=O) groups is 2. The Morgan fingerprint density at radius 1 is 1.25 bits per heavy atom. The number of phenols is 1. The van der Waals surface area contributed by atoms with Gasteiger partial charge in [-0.05, 0) is 50.5 Å². The number of hydrogen-bond donors (Lipinski definition) is 2. The minimum absolute atomic E-state index is 0.0419. The van der Waals surface area contributed by atoms with Gasteiger partial charge in [-0.15, -0.1) is 0 Å². The summed E-state index contributed by atoms with van der Waals surface area (Å²) in [6.45, 7) is 4.03. The Labute approximate surface area is 191 Å². The summed E-state index contributed by atoms with van der Waals surface area (Å²) < 4.78 is 16.4. The van der Waals surface area contributed by atoms with E-state index < -0.39 is 5.97 Å². The average Bonchev–Trinajstić information content (AvgIpc) is 3.15. The van der Waals surface area contributed by atoms with Gasteiger partial charge in [-0.1, -0.05) is 23.3 Å². The first-order chi connectivity index (χ1) is 15.3. The number of carbonyl (C=O) groups excluding carboxylic acids is 2. The molecule has 2 N–H and O–H groups in total. The molecule has 0 atom stereocenters. The molecule has 1 aliphatic heterocycles. The average molecular weight is 460 g/mol. The molecule has 0 bridgehead atoms. The molecular weight excluding hydrogens is 434 g/mol. The van der Waals surface area contributed by atoms with Crippen molar-refractivity contribution in [1.29, 1.82) is 0 Å². The Kier molecular flexibility index (Phi) is 7.30. The van der Waals surface area contributed by atoms with Crippen LogP contribution in [0.4, 0.5) is 5.69 Å². The van der Waals surface area contributed by atoms with E-state index in [9.17, 15) is 14.7 Å². The molecule has 2 aromatic rings. The summed E-state index contributed by atoms with van der Waals surface area (Å²) in [6.07, 6.45) is 3.20. The van der Waals surface area contributed by atoms with Crippen LogP contribution in [-0.4, -0.2) is 31.2 Å². The first-order valence-corrected chi connectivity index (χ1v) is 10.5. The van der Waals surface area contributed by atoms with Gasteiger partial charge in [-0.2, -0.15) is 0 Å². The van der Waals surface area contributed by atoms with Gasteiger partial charge in [0.1, 0.15) is 29.4 Å². The van der Waals surface area contributed by atoms with E-state index in [0.29, 0.717) is 34.9 Å². The van der Waals surface area contributed by atoms with Gasteiger partial charge in [-0.3, -0.25) is 4.79 Å². The lowest BCUT2D eigenvalue weighted by molar-refractivity contribution is -0.116. The van der Waals surface area contributed by atoms with Crippen LogP contribution in [0, 0.1) is 6.92 Å². The predicted octanol–water partition coefficient (Wildman–Crippen LogP) is 4.95. The number of amides is 1. The monoisotopic (exact) mass is 459 g/mol. The molecule has 170 valence electrons. The molecule has 0 fully saturated rings. The van der Waals surface area contributed by atoms with Crippen LogP contribution in [0.1, 0.15) is 46.8 Å². The third-order valence-electron chi connectivity index (χ3n) is 5.46. The minimum atomic E-state index is -0.398. The molecule has 2 aromatic carbocycles. The van der Waals surface area contributed by atoms with Gasteiger partial charge in [0.05, 0.1) is 19.9 Å². The van der Waals surface area contributed by atoms with Gasteiger partial charge in [0, 0.05) is 22.6 Å². The van der Waals surface area contributed by atoms with Crippen molar-refractivity contribution in [2.75, 3.05) is 19.5 Å². The molecule has 3 rings (SSSR count). The maximum absolute atomic E-state index is 12.3. The quantitative estimate of drug-likeness (QED) is 0.329. The van der Waals surface area contributed by atoms with E-state index in [4.69, 9.17) is 25.8 Å². The van der Waals surface area contributed by atoms with Gasteiger partial charge in [-0.25, -0.2) is 4.79 Å². The molecule has 0 radical (unpaired) electrons. The van der Waals surface area contributed by atoms with Crippen molar-refractivity contribution < 1.29 is 28.9 Å². The van der Waals surface area contributed by atoms with Gasteiger partial charge in [0.2, 0.25) is 5.91 Å². The summed E-state index contributed by atoms with van der Waals surface area (Å²) in [7, 11) is 3.10. The summed E-state index contributed by atoms with van der Waals surface area (Å²) >= 11 is 5.91. The van der Waals surface area contributed by atoms with E-state index in [0.717, 1.165) is 22.3 Å². The Morgan fingerprint density at radius 3 is 2.66 bits per heavy atom. The van der Waals surface area contributed by atoms with Crippen LogP contribution in [0.3, 0.4) is 0 Å². The van der Waals surface area contributed by atoms with Crippen LogP contribution >= 0.6 is 11.6 Å². The van der Waals surface area contributed by atoms with Crippen molar-refractivity contribution >= 4 is 29.2 Å². The zero-order valence-corrected chi connectivity index (χ0v) is 19.3. The number of fused-ring (bicyclic) bond motifs is 1.